The van der Waals surface area contributed by atoms with Crippen molar-refractivity contribution in [2.75, 3.05) is 0 Å². The van der Waals surface area contributed by atoms with Gasteiger partial charge in [0.15, 0.2) is 0 Å². The Bertz CT molecular complexity index is 1480. The predicted octanol–water partition coefficient (Wildman–Crippen LogP) is 5.27. The van der Waals surface area contributed by atoms with Crippen LogP contribution in [0.4, 0.5) is 0 Å². The number of aromatic nitrogens is 1. The molecule has 6 heteroatoms. The Balaban J connectivity index is 1.53. The van der Waals surface area contributed by atoms with Crippen LogP contribution in [0.15, 0.2) is 86.5 Å². The van der Waals surface area contributed by atoms with Crippen molar-refractivity contribution in [2.24, 2.45) is 0 Å². The molecule has 0 bridgehead atoms. The number of carbonyl (C=O) groups excluding carboxylic acids is 1. The smallest absolute Gasteiger partial charge is 0.344 e. The molecule has 0 aliphatic rings. The number of aryl methyl sites for hydroxylation is 1. The molecule has 0 saturated heterocycles. The minimum atomic E-state index is -0.570. The van der Waals surface area contributed by atoms with Crippen molar-refractivity contribution < 1.29 is 18.5 Å². The van der Waals surface area contributed by atoms with Crippen LogP contribution in [0.3, 0.4) is 0 Å². The van der Waals surface area contributed by atoms with Crippen LogP contribution >= 0.6 is 0 Å². The fourth-order valence-electron chi connectivity index (χ4n) is 3.75. The van der Waals surface area contributed by atoms with E-state index < -0.39 is 11.6 Å². The van der Waals surface area contributed by atoms with Crippen molar-refractivity contribution in [3.8, 4) is 11.3 Å². The number of esters is 1. The Morgan fingerprint density at radius 3 is 2.61 bits per heavy atom. The molecule has 0 spiro atoms. The van der Waals surface area contributed by atoms with Crippen LogP contribution in [0, 0.1) is 6.92 Å². The van der Waals surface area contributed by atoms with E-state index in [4.69, 9.17) is 13.7 Å². The lowest BCUT2D eigenvalue weighted by Crippen LogP contribution is -2.09. The van der Waals surface area contributed by atoms with E-state index in [9.17, 15) is 9.59 Å². The van der Waals surface area contributed by atoms with Crippen LogP contribution in [0.5, 0.6) is 0 Å². The number of fused-ring (bicyclic) bond motifs is 3. The van der Waals surface area contributed by atoms with Crippen LogP contribution in [0.2, 0.25) is 0 Å². The second kappa shape index (κ2) is 7.57. The Morgan fingerprint density at radius 2 is 1.77 bits per heavy atom. The van der Waals surface area contributed by atoms with Crippen LogP contribution in [0.25, 0.3) is 33.0 Å². The number of rotatable bonds is 4. The number of carbonyl (C=O) groups is 1. The number of benzene rings is 3. The number of hydrogen-bond donors (Lipinski definition) is 0. The first-order valence-electron chi connectivity index (χ1n) is 9.75. The van der Waals surface area contributed by atoms with Gasteiger partial charge in [0.2, 0.25) is 0 Å². The highest BCUT2D eigenvalue weighted by atomic mass is 16.5. The van der Waals surface area contributed by atoms with Crippen molar-refractivity contribution >= 4 is 27.7 Å². The summed E-state index contributed by atoms with van der Waals surface area (Å²) in [6.45, 7) is 1.57. The summed E-state index contributed by atoms with van der Waals surface area (Å²) < 4.78 is 16.2. The van der Waals surface area contributed by atoms with Crippen LogP contribution in [-0.4, -0.2) is 11.1 Å². The van der Waals surface area contributed by atoms with Gasteiger partial charge in [0.05, 0.1) is 0 Å². The minimum absolute atomic E-state index is 0.0895. The number of ether oxygens (including phenoxy) is 1. The van der Waals surface area contributed by atoms with Gasteiger partial charge in [-0.2, -0.15) is 0 Å². The average molecular weight is 411 g/mol. The van der Waals surface area contributed by atoms with Crippen molar-refractivity contribution in [3.05, 3.63) is 100 Å². The first-order valence-corrected chi connectivity index (χ1v) is 9.75. The van der Waals surface area contributed by atoms with Gasteiger partial charge >= 0.3 is 11.6 Å². The van der Waals surface area contributed by atoms with Gasteiger partial charge < -0.3 is 13.7 Å². The lowest BCUT2D eigenvalue weighted by molar-refractivity contribution is 0.0472. The predicted molar refractivity (Wildman–Crippen MR) is 116 cm³/mol. The molecule has 0 radical (unpaired) electrons. The second-order valence-corrected chi connectivity index (χ2v) is 7.16. The maximum Gasteiger partial charge on any atom is 0.344 e. The third-order valence-electron chi connectivity index (χ3n) is 5.19. The molecule has 0 amide bonds. The van der Waals surface area contributed by atoms with Gasteiger partial charge in [-0.15, -0.1) is 0 Å². The zero-order valence-electron chi connectivity index (χ0n) is 16.6. The van der Waals surface area contributed by atoms with Crippen molar-refractivity contribution in [1.82, 2.24) is 5.16 Å². The average Bonchev–Trinajstić information content (AvgIpc) is 3.19. The molecule has 0 fully saturated rings. The molecule has 5 aromatic rings. The normalized spacial score (nSPS) is 11.1. The summed E-state index contributed by atoms with van der Waals surface area (Å²) in [5.74, 6) is -0.203. The highest BCUT2D eigenvalue weighted by Gasteiger charge is 2.23. The molecule has 5 rings (SSSR count). The molecule has 0 aliphatic carbocycles. The van der Waals surface area contributed by atoms with E-state index in [0.717, 1.165) is 21.7 Å². The van der Waals surface area contributed by atoms with Gasteiger partial charge in [-0.3, -0.25) is 0 Å². The van der Waals surface area contributed by atoms with Crippen molar-refractivity contribution in [3.63, 3.8) is 0 Å². The van der Waals surface area contributed by atoms with Gasteiger partial charge in [0.25, 0.3) is 0 Å². The van der Waals surface area contributed by atoms with E-state index in [0.29, 0.717) is 22.6 Å². The molecule has 152 valence electrons. The minimum Gasteiger partial charge on any atom is -0.457 e. The second-order valence-electron chi connectivity index (χ2n) is 7.16. The van der Waals surface area contributed by atoms with Crippen LogP contribution in [-0.2, 0) is 11.3 Å². The summed E-state index contributed by atoms with van der Waals surface area (Å²) in [7, 11) is 0. The number of hydrogen-bond acceptors (Lipinski definition) is 6. The Hall–Kier alpha value is -4.19. The summed E-state index contributed by atoms with van der Waals surface area (Å²) in [4.78, 5) is 25.0. The van der Waals surface area contributed by atoms with Gasteiger partial charge in [-0.05, 0) is 23.8 Å². The highest BCUT2D eigenvalue weighted by molar-refractivity contribution is 6.07. The topological polar surface area (TPSA) is 82.5 Å². The third-order valence-corrected chi connectivity index (χ3v) is 5.19. The summed E-state index contributed by atoms with van der Waals surface area (Å²) in [5, 5.41) is 6.69. The molecule has 0 atom stereocenters. The van der Waals surface area contributed by atoms with Crippen molar-refractivity contribution in [1.29, 1.82) is 0 Å². The van der Waals surface area contributed by atoms with Gasteiger partial charge in [0, 0.05) is 22.6 Å². The zero-order chi connectivity index (χ0) is 21.4. The van der Waals surface area contributed by atoms with Crippen LogP contribution < -0.4 is 5.63 Å². The summed E-state index contributed by atoms with van der Waals surface area (Å²) >= 11 is 0. The fourth-order valence-corrected chi connectivity index (χ4v) is 3.75. The molecular formula is C25H17NO5. The number of nitrogens with zero attached hydrogens (tertiary/aromatic N) is 1. The largest absolute Gasteiger partial charge is 0.457 e. The molecule has 2 aromatic heterocycles. The fraction of sp³-hybridized carbons (Fsp3) is 0.0800. The van der Waals surface area contributed by atoms with E-state index in [1.54, 1.807) is 13.0 Å². The molecule has 0 aliphatic heterocycles. The summed E-state index contributed by atoms with van der Waals surface area (Å²) in [6, 6.07) is 22.1. The molecule has 0 unspecified atom stereocenters. The van der Waals surface area contributed by atoms with Gasteiger partial charge in [-0.25, -0.2) is 9.59 Å². The molecule has 6 nitrogen and oxygen atoms in total. The van der Waals surface area contributed by atoms with Gasteiger partial charge in [0.1, 0.15) is 29.2 Å². The van der Waals surface area contributed by atoms with E-state index in [-0.39, 0.29) is 12.2 Å². The zero-order valence-corrected chi connectivity index (χ0v) is 16.6. The summed E-state index contributed by atoms with van der Waals surface area (Å²) in [6.07, 6.45) is 0. The molecule has 2 heterocycles. The van der Waals surface area contributed by atoms with Crippen LogP contribution in [0.1, 0.15) is 21.7 Å². The monoisotopic (exact) mass is 411 g/mol. The Morgan fingerprint density at radius 1 is 1.00 bits per heavy atom. The third kappa shape index (κ3) is 3.38. The van der Waals surface area contributed by atoms with Gasteiger partial charge in [-0.1, -0.05) is 65.8 Å². The molecular weight excluding hydrogens is 394 g/mol. The highest BCUT2D eigenvalue weighted by Crippen LogP contribution is 2.29. The van der Waals surface area contributed by atoms with E-state index in [1.165, 1.54) is 6.07 Å². The molecule has 31 heavy (non-hydrogen) atoms. The van der Waals surface area contributed by atoms with E-state index in [2.05, 4.69) is 5.16 Å². The maximum atomic E-state index is 13.0. The SMILES string of the molecule is Cc1onc(-c2ccccc2)c1C(=O)OCc1cc(=O)oc2ccc3ccccc3c12. The Kier molecular flexibility index (Phi) is 4.59. The summed E-state index contributed by atoms with van der Waals surface area (Å²) in [5.41, 5.74) is 1.97. The standard InChI is InChI=1S/C25H17NO5/c1-15-22(24(26-31-15)17-8-3-2-4-9-17)25(28)29-14-18-13-21(27)30-20-12-11-16-7-5-6-10-19(16)23(18)20/h2-13H,14H2,1H3. The first kappa shape index (κ1) is 18.8. The molecule has 3 aromatic carbocycles. The lowest BCUT2D eigenvalue weighted by atomic mass is 10.0. The Labute approximate surface area is 176 Å². The molecule has 0 N–H and O–H groups in total. The van der Waals surface area contributed by atoms with Crippen molar-refractivity contribution in [2.45, 2.75) is 13.5 Å². The van der Waals surface area contributed by atoms with E-state index in [1.807, 2.05) is 60.7 Å². The lowest BCUT2D eigenvalue weighted by Gasteiger charge is -2.10. The quantitative estimate of drug-likeness (QED) is 0.228. The molecule has 0 saturated carbocycles. The first-order chi connectivity index (χ1) is 15.1. The maximum absolute atomic E-state index is 13.0. The van der Waals surface area contributed by atoms with E-state index >= 15 is 0 Å².